The summed E-state index contributed by atoms with van der Waals surface area (Å²) < 4.78 is 12.2. The van der Waals surface area contributed by atoms with Gasteiger partial charge in [0.2, 0.25) is 5.91 Å². The molecule has 0 unspecified atom stereocenters. The van der Waals surface area contributed by atoms with Gasteiger partial charge in [-0.1, -0.05) is 46.3 Å². The Labute approximate surface area is 324 Å². The summed E-state index contributed by atoms with van der Waals surface area (Å²) in [6.07, 6.45) is 0.156. The zero-order valence-electron chi connectivity index (χ0n) is 33.3. The number of allylic oxidation sites excluding steroid dienone is 2. The minimum atomic E-state index is -1.59. The second kappa shape index (κ2) is 14.3. The number of carboxylic acids is 1. The predicted molar refractivity (Wildman–Crippen MR) is 199 cm³/mol. The Morgan fingerprint density at radius 3 is 2.29 bits per heavy atom. The maximum atomic E-state index is 13.2. The number of amides is 1. The van der Waals surface area contributed by atoms with Crippen molar-refractivity contribution in [3.63, 3.8) is 0 Å². The van der Waals surface area contributed by atoms with E-state index in [0.29, 0.717) is 64.3 Å². The molecule has 13 heteroatoms. The molecule has 9 N–H and O–H groups in total. The molecule has 0 aromatic carbocycles. The SMILES string of the molecule is C[C@]1(CO)CC[C@]2(C(=O)O)CC[C@]3(C)C(=CC[C@@H]4[C@@]5(C)[C@H](C[C@H]6CNC(=O)[C@@H]6CCO)[C@@H](O)[C@@H](O[C@@H]6OC[C@@H](O)[C@H](O)[C@H]6O)[C@@](C)(CO)[C@H]5CC[C@]43C)[C@@H]2C1. The summed E-state index contributed by atoms with van der Waals surface area (Å²) in [5, 5.41) is 90.2. The number of rotatable bonds is 9. The van der Waals surface area contributed by atoms with Crippen LogP contribution in [0.1, 0.15) is 98.8 Å². The number of fused-ring (bicyclic) bond motifs is 7. The Bertz CT molecular complexity index is 1530. The van der Waals surface area contributed by atoms with E-state index in [0.717, 1.165) is 6.42 Å². The number of aliphatic carboxylic acids is 1. The highest BCUT2D eigenvalue weighted by Gasteiger charge is 2.73. The smallest absolute Gasteiger partial charge is 0.310 e. The standard InChI is InChI=1S/C42H67NO12/c1-37(20-45)11-13-42(36(52)53)14-12-39(3)24(26(42)17-37)6-7-29-40(39,4)10-8-28-38(2,21-46)33(55-35-32(50)31(49)27(47)19-54-35)30(48)25(41(28,29)5)16-22-18-43-34(51)23(22)9-15-44/h6,22-23,25-33,35,44-50H,7-21H2,1-5H3,(H,43,51)(H,52,53)/t22-,23+,25+,26-,27+,28+,29-,30+,31-,32+,33+,35-,37-,38-,39+,40+,41-,42-/m0/s1. The molecule has 6 fully saturated rings. The van der Waals surface area contributed by atoms with Gasteiger partial charge in [0, 0.05) is 31.1 Å². The van der Waals surface area contributed by atoms with Gasteiger partial charge in [-0.05, 0) is 115 Å². The van der Waals surface area contributed by atoms with Crippen LogP contribution in [0.2, 0.25) is 0 Å². The number of carbonyl (C=O) groups excluding carboxylic acids is 1. The summed E-state index contributed by atoms with van der Waals surface area (Å²) in [5.41, 5.74) is -2.43. The number of carbonyl (C=O) groups is 2. The maximum absolute atomic E-state index is 13.2. The molecule has 18 atom stereocenters. The van der Waals surface area contributed by atoms with Crippen molar-refractivity contribution in [3.05, 3.63) is 11.6 Å². The molecule has 2 aliphatic heterocycles. The molecule has 2 heterocycles. The van der Waals surface area contributed by atoms with Crippen LogP contribution in [0, 0.1) is 68.0 Å². The molecule has 7 aliphatic rings. The molecule has 312 valence electrons. The minimum absolute atomic E-state index is 0.00363. The van der Waals surface area contributed by atoms with E-state index in [9.17, 15) is 50.4 Å². The highest BCUT2D eigenvalue weighted by Crippen LogP contribution is 2.77. The van der Waals surface area contributed by atoms with Gasteiger partial charge < -0.3 is 55.6 Å². The number of hydrogen-bond donors (Lipinski definition) is 9. The highest BCUT2D eigenvalue weighted by atomic mass is 16.7. The molecule has 2 saturated heterocycles. The van der Waals surface area contributed by atoms with Gasteiger partial charge in [-0.2, -0.15) is 0 Å². The third-order valence-electron chi connectivity index (χ3n) is 18.0. The molecule has 1 amide bonds. The van der Waals surface area contributed by atoms with Crippen LogP contribution in [-0.2, 0) is 19.1 Å². The van der Waals surface area contributed by atoms with E-state index in [1.54, 1.807) is 0 Å². The van der Waals surface area contributed by atoms with Gasteiger partial charge in [-0.15, -0.1) is 0 Å². The number of hydrogen-bond acceptors (Lipinski definition) is 11. The van der Waals surface area contributed by atoms with Crippen LogP contribution in [0.3, 0.4) is 0 Å². The Morgan fingerprint density at radius 2 is 1.64 bits per heavy atom. The Hall–Kier alpha value is -1.68. The number of aliphatic hydroxyl groups excluding tert-OH is 7. The second-order valence-electron chi connectivity index (χ2n) is 20.3. The van der Waals surface area contributed by atoms with Crippen molar-refractivity contribution in [1.29, 1.82) is 0 Å². The van der Waals surface area contributed by atoms with Crippen LogP contribution in [0.25, 0.3) is 0 Å². The van der Waals surface area contributed by atoms with Crippen molar-refractivity contribution >= 4 is 11.9 Å². The van der Waals surface area contributed by atoms with Gasteiger partial charge in [-0.3, -0.25) is 9.59 Å². The van der Waals surface area contributed by atoms with Crippen LogP contribution < -0.4 is 5.32 Å². The highest BCUT2D eigenvalue weighted by molar-refractivity contribution is 5.81. The molecule has 0 aromatic heterocycles. The Kier molecular flexibility index (Phi) is 10.8. The Morgan fingerprint density at radius 1 is 0.927 bits per heavy atom. The maximum Gasteiger partial charge on any atom is 0.310 e. The van der Waals surface area contributed by atoms with Gasteiger partial charge in [-0.25, -0.2) is 0 Å². The number of carboxylic acid groups (broad SMARTS) is 1. The molecule has 5 aliphatic carbocycles. The van der Waals surface area contributed by atoms with Crippen LogP contribution in [0.15, 0.2) is 11.6 Å². The summed E-state index contributed by atoms with van der Waals surface area (Å²) in [6.45, 7) is 10.5. The van der Waals surface area contributed by atoms with E-state index in [1.165, 1.54) is 5.57 Å². The Balaban J connectivity index is 1.33. The van der Waals surface area contributed by atoms with Gasteiger partial charge >= 0.3 is 5.97 Å². The van der Waals surface area contributed by atoms with E-state index >= 15 is 0 Å². The fraction of sp³-hybridized carbons (Fsp3) is 0.905. The third kappa shape index (κ3) is 5.86. The summed E-state index contributed by atoms with van der Waals surface area (Å²) in [5.74, 6) is -2.40. The summed E-state index contributed by atoms with van der Waals surface area (Å²) in [6, 6.07) is 0. The average molecular weight is 778 g/mol. The largest absolute Gasteiger partial charge is 0.481 e. The van der Waals surface area contributed by atoms with Crippen LogP contribution in [0.4, 0.5) is 0 Å². The third-order valence-corrected chi connectivity index (χ3v) is 18.0. The van der Waals surface area contributed by atoms with E-state index in [4.69, 9.17) is 9.47 Å². The predicted octanol–water partition coefficient (Wildman–Crippen LogP) is 1.97. The van der Waals surface area contributed by atoms with Gasteiger partial charge in [0.05, 0.1) is 30.8 Å². The lowest BCUT2D eigenvalue weighted by Gasteiger charge is -2.73. The van der Waals surface area contributed by atoms with Crippen molar-refractivity contribution in [3.8, 4) is 0 Å². The van der Waals surface area contributed by atoms with Crippen molar-refractivity contribution in [2.24, 2.45) is 68.0 Å². The molecular weight excluding hydrogens is 710 g/mol. The van der Waals surface area contributed by atoms with Crippen LogP contribution in [-0.4, -0.2) is 123 Å². The molecule has 7 rings (SSSR count). The first kappa shape index (κ1) is 41.5. The fourth-order valence-corrected chi connectivity index (χ4v) is 14.4. The van der Waals surface area contributed by atoms with Crippen LogP contribution in [0.5, 0.6) is 0 Å². The van der Waals surface area contributed by atoms with E-state index < -0.39 is 70.9 Å². The van der Waals surface area contributed by atoms with E-state index in [1.807, 2.05) is 6.92 Å². The van der Waals surface area contributed by atoms with E-state index in [2.05, 4.69) is 39.1 Å². The molecule has 55 heavy (non-hydrogen) atoms. The first-order valence-corrected chi connectivity index (χ1v) is 20.9. The molecule has 0 bridgehead atoms. The zero-order valence-corrected chi connectivity index (χ0v) is 33.3. The quantitative estimate of drug-likeness (QED) is 0.121. The lowest BCUT2D eigenvalue weighted by Crippen LogP contribution is -2.72. The lowest BCUT2D eigenvalue weighted by atomic mass is 9.31. The van der Waals surface area contributed by atoms with Crippen molar-refractivity contribution in [2.75, 3.05) is 33.0 Å². The van der Waals surface area contributed by atoms with Crippen LogP contribution >= 0.6 is 0 Å². The first-order chi connectivity index (χ1) is 25.8. The number of aliphatic hydroxyl groups is 7. The summed E-state index contributed by atoms with van der Waals surface area (Å²) in [4.78, 5) is 26.3. The minimum Gasteiger partial charge on any atom is -0.481 e. The van der Waals surface area contributed by atoms with Crippen molar-refractivity contribution in [1.82, 2.24) is 5.32 Å². The van der Waals surface area contributed by atoms with Crippen molar-refractivity contribution in [2.45, 2.75) is 136 Å². The molecule has 0 aromatic rings. The molecular formula is C42H67NO12. The fourth-order valence-electron chi connectivity index (χ4n) is 14.4. The topological polar surface area (TPSA) is 226 Å². The van der Waals surface area contributed by atoms with Gasteiger partial charge in [0.15, 0.2) is 6.29 Å². The normalized spacial score (nSPS) is 53.6. The summed E-state index contributed by atoms with van der Waals surface area (Å²) in [7, 11) is 0. The molecule has 13 nitrogen and oxygen atoms in total. The second-order valence-corrected chi connectivity index (χ2v) is 20.3. The monoisotopic (exact) mass is 777 g/mol. The van der Waals surface area contributed by atoms with Crippen molar-refractivity contribution < 1.29 is 59.9 Å². The average Bonchev–Trinajstić information content (AvgIpc) is 3.49. The van der Waals surface area contributed by atoms with E-state index in [-0.39, 0.29) is 72.3 Å². The molecule has 0 spiro atoms. The lowest BCUT2D eigenvalue weighted by molar-refractivity contribution is -0.340. The summed E-state index contributed by atoms with van der Waals surface area (Å²) >= 11 is 0. The zero-order chi connectivity index (χ0) is 40.1. The van der Waals surface area contributed by atoms with Gasteiger partial charge in [0.1, 0.15) is 18.3 Å². The number of nitrogens with one attached hydrogen (secondary N) is 1. The molecule has 0 radical (unpaired) electrons. The number of ether oxygens (including phenoxy) is 2. The molecule has 4 saturated carbocycles. The van der Waals surface area contributed by atoms with Gasteiger partial charge in [0.25, 0.3) is 0 Å². The first-order valence-electron chi connectivity index (χ1n) is 20.9.